The van der Waals surface area contributed by atoms with Gasteiger partial charge in [0.1, 0.15) is 0 Å². The van der Waals surface area contributed by atoms with Crippen LogP contribution in [0.5, 0.6) is 0 Å². The van der Waals surface area contributed by atoms with Gasteiger partial charge in [-0.05, 0) is 31.4 Å². The molecule has 2 nitrogen and oxygen atoms in total. The molecule has 0 aromatic heterocycles. The Bertz CT molecular complexity index is 503. The van der Waals surface area contributed by atoms with E-state index in [9.17, 15) is 4.79 Å². The van der Waals surface area contributed by atoms with Gasteiger partial charge in [0.2, 0.25) is 5.91 Å². The van der Waals surface area contributed by atoms with Gasteiger partial charge in [0, 0.05) is 6.42 Å². The smallest absolute Gasteiger partial charge is 0.224 e. The predicted molar refractivity (Wildman–Crippen MR) is 97.2 cm³/mol. The first-order valence-electron chi connectivity index (χ1n) is 7.60. The standard InChI is InChI=1S/C17H22Cl3NO/c1-2-3-4-5-6-7-8-9-10-17(22)21-16-12-14(19)13(18)11-15(16)20/h2,11-12H,1,3-10H2,(H,21,22). The van der Waals surface area contributed by atoms with E-state index < -0.39 is 0 Å². The Hall–Kier alpha value is -0.700. The van der Waals surface area contributed by atoms with Gasteiger partial charge in [0.05, 0.1) is 20.8 Å². The van der Waals surface area contributed by atoms with Crippen LogP contribution >= 0.6 is 34.8 Å². The summed E-state index contributed by atoms with van der Waals surface area (Å²) >= 11 is 17.8. The Balaban J connectivity index is 2.21. The Morgan fingerprint density at radius 1 is 0.955 bits per heavy atom. The van der Waals surface area contributed by atoms with Gasteiger partial charge in [-0.3, -0.25) is 4.79 Å². The van der Waals surface area contributed by atoms with E-state index in [1.807, 2.05) is 6.08 Å². The van der Waals surface area contributed by atoms with Crippen molar-refractivity contribution in [3.05, 3.63) is 39.9 Å². The van der Waals surface area contributed by atoms with Crippen molar-refractivity contribution < 1.29 is 4.79 Å². The van der Waals surface area contributed by atoms with Crippen molar-refractivity contribution in [1.82, 2.24) is 0 Å². The molecule has 22 heavy (non-hydrogen) atoms. The van der Waals surface area contributed by atoms with E-state index in [0.29, 0.717) is 27.2 Å². The zero-order valence-corrected chi connectivity index (χ0v) is 14.9. The Morgan fingerprint density at radius 2 is 1.55 bits per heavy atom. The molecule has 0 bridgehead atoms. The summed E-state index contributed by atoms with van der Waals surface area (Å²) in [5.74, 6) is -0.0491. The molecule has 1 rings (SSSR count). The maximum atomic E-state index is 11.9. The van der Waals surface area contributed by atoms with Crippen LogP contribution in [-0.4, -0.2) is 5.91 Å². The lowest BCUT2D eigenvalue weighted by atomic mass is 10.1. The topological polar surface area (TPSA) is 29.1 Å². The van der Waals surface area contributed by atoms with E-state index >= 15 is 0 Å². The molecule has 1 aromatic rings. The van der Waals surface area contributed by atoms with Gasteiger partial charge in [0.15, 0.2) is 0 Å². The lowest BCUT2D eigenvalue weighted by Crippen LogP contribution is -2.11. The summed E-state index contributed by atoms with van der Waals surface area (Å²) in [5.41, 5.74) is 0.505. The van der Waals surface area contributed by atoms with Crippen LogP contribution in [0.3, 0.4) is 0 Å². The van der Waals surface area contributed by atoms with Crippen LogP contribution in [0.2, 0.25) is 15.1 Å². The van der Waals surface area contributed by atoms with Crippen molar-refractivity contribution in [3.63, 3.8) is 0 Å². The fraction of sp³-hybridized carbons (Fsp3) is 0.471. The number of hydrogen-bond acceptors (Lipinski definition) is 1. The fourth-order valence-corrected chi connectivity index (χ4v) is 2.71. The average Bonchev–Trinajstić information content (AvgIpc) is 2.47. The van der Waals surface area contributed by atoms with Gasteiger partial charge >= 0.3 is 0 Å². The van der Waals surface area contributed by atoms with E-state index in [1.54, 1.807) is 6.07 Å². The van der Waals surface area contributed by atoms with Crippen molar-refractivity contribution in [2.24, 2.45) is 0 Å². The largest absolute Gasteiger partial charge is 0.325 e. The highest BCUT2D eigenvalue weighted by Crippen LogP contribution is 2.32. The lowest BCUT2D eigenvalue weighted by Gasteiger charge is -2.08. The third-order valence-electron chi connectivity index (χ3n) is 3.35. The predicted octanol–water partition coefficient (Wildman–Crippen LogP) is 6.89. The molecule has 0 saturated heterocycles. The Kier molecular flexibility index (Phi) is 9.61. The van der Waals surface area contributed by atoms with Crippen molar-refractivity contribution >= 4 is 46.4 Å². The second-order valence-electron chi connectivity index (χ2n) is 5.24. The number of hydrogen-bond donors (Lipinski definition) is 1. The molecule has 0 fully saturated rings. The monoisotopic (exact) mass is 361 g/mol. The number of halogens is 3. The molecule has 0 spiro atoms. The minimum atomic E-state index is -0.0491. The van der Waals surface area contributed by atoms with Crippen LogP contribution in [0.15, 0.2) is 24.8 Å². The summed E-state index contributed by atoms with van der Waals surface area (Å²) in [7, 11) is 0. The first-order valence-corrected chi connectivity index (χ1v) is 8.73. The van der Waals surface area contributed by atoms with Gasteiger partial charge in [-0.1, -0.05) is 66.6 Å². The molecule has 1 amide bonds. The van der Waals surface area contributed by atoms with E-state index in [2.05, 4.69) is 11.9 Å². The number of benzene rings is 1. The van der Waals surface area contributed by atoms with Crippen LogP contribution in [-0.2, 0) is 4.79 Å². The van der Waals surface area contributed by atoms with Crippen LogP contribution in [0, 0.1) is 0 Å². The summed E-state index contributed by atoms with van der Waals surface area (Å²) in [4.78, 5) is 11.9. The summed E-state index contributed by atoms with van der Waals surface area (Å²) in [5, 5.41) is 3.92. The van der Waals surface area contributed by atoms with Crippen LogP contribution in [0.1, 0.15) is 51.4 Å². The minimum absolute atomic E-state index is 0.0491. The molecule has 0 aliphatic heterocycles. The van der Waals surface area contributed by atoms with Crippen LogP contribution < -0.4 is 5.32 Å². The molecule has 0 heterocycles. The van der Waals surface area contributed by atoms with Crippen molar-refractivity contribution in [1.29, 1.82) is 0 Å². The molecule has 122 valence electrons. The molecule has 1 N–H and O–H groups in total. The fourth-order valence-electron chi connectivity index (χ4n) is 2.11. The summed E-state index contributed by atoms with van der Waals surface area (Å²) in [6.45, 7) is 3.71. The Morgan fingerprint density at radius 3 is 2.23 bits per heavy atom. The van der Waals surface area contributed by atoms with E-state index in [0.717, 1.165) is 25.7 Å². The molecule has 0 radical (unpaired) electrons. The third-order valence-corrected chi connectivity index (χ3v) is 4.38. The maximum Gasteiger partial charge on any atom is 0.224 e. The second kappa shape index (κ2) is 10.9. The maximum absolute atomic E-state index is 11.9. The quantitative estimate of drug-likeness (QED) is 0.274. The molecular formula is C17H22Cl3NO. The van der Waals surface area contributed by atoms with E-state index in [1.165, 1.54) is 25.3 Å². The number of unbranched alkanes of at least 4 members (excludes halogenated alkanes) is 6. The summed E-state index contributed by atoms with van der Waals surface area (Å²) < 4.78 is 0. The lowest BCUT2D eigenvalue weighted by molar-refractivity contribution is -0.116. The number of nitrogens with one attached hydrogen (secondary N) is 1. The van der Waals surface area contributed by atoms with Crippen molar-refractivity contribution in [2.75, 3.05) is 5.32 Å². The number of carbonyl (C=O) groups excluding carboxylic acids is 1. The molecule has 5 heteroatoms. The highest BCUT2D eigenvalue weighted by Gasteiger charge is 2.09. The molecule has 0 aliphatic rings. The average molecular weight is 363 g/mol. The number of rotatable bonds is 10. The van der Waals surface area contributed by atoms with E-state index in [-0.39, 0.29) is 5.91 Å². The van der Waals surface area contributed by atoms with Gasteiger partial charge in [-0.15, -0.1) is 6.58 Å². The zero-order valence-electron chi connectivity index (χ0n) is 12.6. The molecule has 0 aliphatic carbocycles. The highest BCUT2D eigenvalue weighted by atomic mass is 35.5. The molecule has 0 saturated carbocycles. The number of amides is 1. The SMILES string of the molecule is C=CCCCCCCCCC(=O)Nc1cc(Cl)c(Cl)cc1Cl. The van der Waals surface area contributed by atoms with Crippen molar-refractivity contribution in [2.45, 2.75) is 51.4 Å². The number of carbonyl (C=O) groups is 1. The molecule has 1 aromatic carbocycles. The first-order chi connectivity index (χ1) is 10.5. The van der Waals surface area contributed by atoms with Crippen LogP contribution in [0.25, 0.3) is 0 Å². The van der Waals surface area contributed by atoms with Crippen molar-refractivity contribution in [3.8, 4) is 0 Å². The molecular weight excluding hydrogens is 341 g/mol. The highest BCUT2D eigenvalue weighted by molar-refractivity contribution is 6.44. The number of allylic oxidation sites excluding steroid dienone is 1. The summed E-state index contributed by atoms with van der Waals surface area (Å²) in [6.07, 6.45) is 10.3. The third kappa shape index (κ3) is 7.53. The van der Waals surface area contributed by atoms with E-state index in [4.69, 9.17) is 34.8 Å². The van der Waals surface area contributed by atoms with Gasteiger partial charge < -0.3 is 5.32 Å². The molecule has 0 unspecified atom stereocenters. The summed E-state index contributed by atoms with van der Waals surface area (Å²) in [6, 6.07) is 3.11. The number of anilines is 1. The first kappa shape index (κ1) is 19.3. The zero-order chi connectivity index (χ0) is 16.4. The van der Waals surface area contributed by atoms with Gasteiger partial charge in [0.25, 0.3) is 0 Å². The Labute approximate surface area is 147 Å². The second-order valence-corrected chi connectivity index (χ2v) is 6.46. The normalized spacial score (nSPS) is 10.5. The van der Waals surface area contributed by atoms with Gasteiger partial charge in [-0.25, -0.2) is 0 Å². The minimum Gasteiger partial charge on any atom is -0.325 e. The van der Waals surface area contributed by atoms with Gasteiger partial charge in [-0.2, -0.15) is 0 Å². The van der Waals surface area contributed by atoms with Crippen LogP contribution in [0.4, 0.5) is 5.69 Å². The molecule has 0 atom stereocenters.